The molecule has 0 aromatic carbocycles. The molecular formula is C11H20N2O3. The van der Waals surface area contributed by atoms with Crippen molar-refractivity contribution in [3.63, 3.8) is 0 Å². The number of likely N-dealkylation sites (tertiary alicyclic amines) is 1. The Labute approximate surface area is 95.8 Å². The van der Waals surface area contributed by atoms with Gasteiger partial charge in [0.15, 0.2) is 0 Å². The van der Waals surface area contributed by atoms with Gasteiger partial charge in [-0.25, -0.2) is 0 Å². The summed E-state index contributed by atoms with van der Waals surface area (Å²) in [5.74, 6) is -0.216. The maximum Gasteiger partial charge on any atom is 0.242 e. The van der Waals surface area contributed by atoms with E-state index in [0.29, 0.717) is 13.0 Å². The number of nitrogens with one attached hydrogen (secondary N) is 1. The number of carbonyl (C=O) groups is 2. The van der Waals surface area contributed by atoms with Crippen LogP contribution < -0.4 is 5.32 Å². The van der Waals surface area contributed by atoms with Gasteiger partial charge in [0.1, 0.15) is 0 Å². The molecule has 1 unspecified atom stereocenters. The van der Waals surface area contributed by atoms with E-state index in [1.165, 1.54) is 0 Å². The summed E-state index contributed by atoms with van der Waals surface area (Å²) in [6.07, 6.45) is 3.26. The van der Waals surface area contributed by atoms with Crippen molar-refractivity contribution in [2.24, 2.45) is 0 Å². The van der Waals surface area contributed by atoms with E-state index in [9.17, 15) is 9.59 Å². The predicted octanol–water partition coefficient (Wildman–Crippen LogP) is -0.114. The van der Waals surface area contributed by atoms with Crippen LogP contribution in [0.2, 0.25) is 0 Å². The molecular weight excluding hydrogens is 208 g/mol. The van der Waals surface area contributed by atoms with Gasteiger partial charge in [-0.3, -0.25) is 9.59 Å². The molecule has 0 spiro atoms. The molecule has 1 aliphatic rings. The molecule has 0 bridgehead atoms. The first-order valence-corrected chi connectivity index (χ1v) is 5.86. The minimum Gasteiger partial charge on any atom is -0.394 e. The van der Waals surface area contributed by atoms with Gasteiger partial charge < -0.3 is 15.3 Å². The molecule has 0 aromatic heterocycles. The van der Waals surface area contributed by atoms with Crippen LogP contribution in [0.4, 0.5) is 0 Å². The van der Waals surface area contributed by atoms with Crippen molar-refractivity contribution in [1.29, 1.82) is 0 Å². The summed E-state index contributed by atoms with van der Waals surface area (Å²) in [6, 6.07) is -0.0696. The van der Waals surface area contributed by atoms with E-state index in [1.54, 1.807) is 11.8 Å². The third-order valence-electron chi connectivity index (χ3n) is 2.92. The fourth-order valence-electron chi connectivity index (χ4n) is 1.92. The van der Waals surface area contributed by atoms with Crippen molar-refractivity contribution < 1.29 is 14.7 Å². The second kappa shape index (κ2) is 6.48. The Morgan fingerprint density at radius 3 is 2.81 bits per heavy atom. The number of nitrogens with zero attached hydrogens (tertiary/aromatic N) is 1. The lowest BCUT2D eigenvalue weighted by atomic mass is 10.0. The second-order valence-electron chi connectivity index (χ2n) is 4.05. The number of carbonyl (C=O) groups excluding carboxylic acids is 2. The van der Waals surface area contributed by atoms with E-state index in [2.05, 4.69) is 5.32 Å². The molecule has 92 valence electrons. The molecule has 0 saturated carbocycles. The normalized spacial score (nSPS) is 20.6. The van der Waals surface area contributed by atoms with Crippen molar-refractivity contribution in [2.45, 2.75) is 38.6 Å². The smallest absolute Gasteiger partial charge is 0.242 e. The molecule has 5 nitrogen and oxygen atoms in total. The first kappa shape index (κ1) is 13.0. The van der Waals surface area contributed by atoms with E-state index in [0.717, 1.165) is 19.3 Å². The summed E-state index contributed by atoms with van der Waals surface area (Å²) >= 11 is 0. The van der Waals surface area contributed by atoms with Crippen molar-refractivity contribution in [3.8, 4) is 0 Å². The average molecular weight is 228 g/mol. The molecule has 1 fully saturated rings. The fourth-order valence-corrected chi connectivity index (χ4v) is 1.92. The lowest BCUT2D eigenvalue weighted by Crippen LogP contribution is -2.49. The lowest BCUT2D eigenvalue weighted by Gasteiger charge is -2.34. The maximum atomic E-state index is 11.8. The van der Waals surface area contributed by atoms with Crippen molar-refractivity contribution in [3.05, 3.63) is 0 Å². The molecule has 1 atom stereocenters. The van der Waals surface area contributed by atoms with Crippen molar-refractivity contribution in [2.75, 3.05) is 19.7 Å². The predicted molar refractivity (Wildman–Crippen MR) is 59.7 cm³/mol. The Morgan fingerprint density at radius 1 is 1.44 bits per heavy atom. The first-order chi connectivity index (χ1) is 7.69. The van der Waals surface area contributed by atoms with E-state index in [-0.39, 0.29) is 31.0 Å². The topological polar surface area (TPSA) is 69.6 Å². The summed E-state index contributed by atoms with van der Waals surface area (Å²) in [4.78, 5) is 24.5. The number of aliphatic hydroxyl groups is 1. The molecule has 5 heteroatoms. The largest absolute Gasteiger partial charge is 0.394 e. The van der Waals surface area contributed by atoms with Crippen LogP contribution in [0.3, 0.4) is 0 Å². The van der Waals surface area contributed by atoms with Crippen LogP contribution in [0, 0.1) is 0 Å². The highest BCUT2D eigenvalue weighted by Gasteiger charge is 2.25. The van der Waals surface area contributed by atoms with Crippen LogP contribution in [-0.2, 0) is 9.59 Å². The minimum absolute atomic E-state index is 0.00740. The summed E-state index contributed by atoms with van der Waals surface area (Å²) in [6.45, 7) is 2.49. The summed E-state index contributed by atoms with van der Waals surface area (Å²) < 4.78 is 0. The van der Waals surface area contributed by atoms with E-state index < -0.39 is 0 Å². The van der Waals surface area contributed by atoms with Gasteiger partial charge in [-0.2, -0.15) is 0 Å². The lowest BCUT2D eigenvalue weighted by molar-refractivity contribution is -0.136. The van der Waals surface area contributed by atoms with Gasteiger partial charge >= 0.3 is 0 Å². The Bertz CT molecular complexity index is 256. The molecule has 1 aliphatic heterocycles. The van der Waals surface area contributed by atoms with Gasteiger partial charge in [0.2, 0.25) is 11.8 Å². The van der Waals surface area contributed by atoms with Crippen LogP contribution in [0.25, 0.3) is 0 Å². The molecule has 1 heterocycles. The highest BCUT2D eigenvalue weighted by Crippen LogP contribution is 2.16. The van der Waals surface area contributed by atoms with E-state index in [4.69, 9.17) is 5.11 Å². The number of hydrogen-bond acceptors (Lipinski definition) is 3. The SMILES string of the molecule is CCC(=O)NCC(=O)N1CCCCC1CO. The molecule has 0 aromatic rings. The molecule has 1 saturated heterocycles. The first-order valence-electron chi connectivity index (χ1n) is 5.86. The van der Waals surface area contributed by atoms with Gasteiger partial charge in [0.25, 0.3) is 0 Å². The molecule has 16 heavy (non-hydrogen) atoms. The van der Waals surface area contributed by atoms with Crippen LogP contribution >= 0.6 is 0 Å². The van der Waals surface area contributed by atoms with Crippen molar-refractivity contribution in [1.82, 2.24) is 10.2 Å². The van der Waals surface area contributed by atoms with Crippen LogP contribution in [0.15, 0.2) is 0 Å². The average Bonchev–Trinajstić information content (AvgIpc) is 2.35. The van der Waals surface area contributed by atoms with E-state index in [1.807, 2.05) is 0 Å². The zero-order valence-electron chi connectivity index (χ0n) is 9.74. The monoisotopic (exact) mass is 228 g/mol. The molecule has 0 radical (unpaired) electrons. The third kappa shape index (κ3) is 3.48. The second-order valence-corrected chi connectivity index (χ2v) is 4.05. The minimum atomic E-state index is -0.120. The molecule has 2 N–H and O–H groups in total. The Balaban J connectivity index is 2.41. The van der Waals surface area contributed by atoms with Crippen LogP contribution in [0.5, 0.6) is 0 Å². The summed E-state index contributed by atoms with van der Waals surface area (Å²) in [7, 11) is 0. The number of aliphatic hydroxyl groups excluding tert-OH is 1. The highest BCUT2D eigenvalue weighted by atomic mass is 16.3. The molecule has 2 amide bonds. The highest BCUT2D eigenvalue weighted by molar-refractivity contribution is 5.84. The van der Waals surface area contributed by atoms with Crippen LogP contribution in [0.1, 0.15) is 32.6 Å². The van der Waals surface area contributed by atoms with E-state index >= 15 is 0 Å². The zero-order valence-corrected chi connectivity index (χ0v) is 9.74. The van der Waals surface area contributed by atoms with Gasteiger partial charge in [-0.1, -0.05) is 6.92 Å². The quantitative estimate of drug-likeness (QED) is 0.705. The zero-order chi connectivity index (χ0) is 12.0. The van der Waals surface area contributed by atoms with Crippen LogP contribution in [-0.4, -0.2) is 47.6 Å². The molecule has 0 aliphatic carbocycles. The summed E-state index contributed by atoms with van der Waals surface area (Å²) in [5, 5.41) is 11.7. The third-order valence-corrected chi connectivity index (χ3v) is 2.92. The number of hydrogen-bond donors (Lipinski definition) is 2. The van der Waals surface area contributed by atoms with Gasteiger partial charge in [0.05, 0.1) is 19.2 Å². The Kier molecular flexibility index (Phi) is 5.25. The van der Waals surface area contributed by atoms with Crippen molar-refractivity contribution >= 4 is 11.8 Å². The number of amides is 2. The fraction of sp³-hybridized carbons (Fsp3) is 0.818. The van der Waals surface area contributed by atoms with Gasteiger partial charge in [-0.15, -0.1) is 0 Å². The Morgan fingerprint density at radius 2 is 2.19 bits per heavy atom. The van der Waals surface area contributed by atoms with Gasteiger partial charge in [-0.05, 0) is 19.3 Å². The number of rotatable bonds is 4. The number of piperidine rings is 1. The van der Waals surface area contributed by atoms with Gasteiger partial charge in [0, 0.05) is 13.0 Å². The summed E-state index contributed by atoms with van der Waals surface area (Å²) in [5.41, 5.74) is 0. The maximum absolute atomic E-state index is 11.8. The standard InChI is InChI=1S/C11H20N2O3/c1-2-10(15)12-7-11(16)13-6-4-3-5-9(13)8-14/h9,14H,2-8H2,1H3,(H,12,15). The molecule has 1 rings (SSSR count). The Hall–Kier alpha value is -1.10.